The normalized spacial score (nSPS) is 10.7. The van der Waals surface area contributed by atoms with Gasteiger partial charge in [0, 0.05) is 24.8 Å². The second-order valence-electron chi connectivity index (χ2n) is 8.99. The van der Waals surface area contributed by atoms with Crippen molar-refractivity contribution in [2.75, 3.05) is 0 Å². The predicted octanol–water partition coefficient (Wildman–Crippen LogP) is 6.00. The molecular weight excluding hydrogens is 492 g/mol. The van der Waals surface area contributed by atoms with Crippen molar-refractivity contribution in [2.45, 2.75) is 85.2 Å². The monoisotopic (exact) mass is 528 g/mol. The first kappa shape index (κ1) is 30.3. The molecular formula is C29H36O9. The van der Waals surface area contributed by atoms with Gasteiger partial charge in [0.15, 0.2) is 23.1 Å². The summed E-state index contributed by atoms with van der Waals surface area (Å²) in [5, 5.41) is 31.7. The highest BCUT2D eigenvalue weighted by molar-refractivity contribution is 6.17. The van der Waals surface area contributed by atoms with Crippen LogP contribution in [0.4, 0.5) is 0 Å². The van der Waals surface area contributed by atoms with Crippen LogP contribution < -0.4 is 4.74 Å². The molecule has 0 saturated carbocycles. The van der Waals surface area contributed by atoms with Crippen LogP contribution in [0.1, 0.15) is 115 Å². The van der Waals surface area contributed by atoms with Gasteiger partial charge in [0.05, 0.1) is 16.7 Å². The fraction of sp³-hybridized carbons (Fsp3) is 0.448. The first-order valence-corrected chi connectivity index (χ1v) is 13.0. The van der Waals surface area contributed by atoms with Crippen LogP contribution in [0.5, 0.6) is 23.0 Å². The quantitative estimate of drug-likeness (QED) is 0.109. The number of rotatable bonds is 15. The van der Waals surface area contributed by atoms with Gasteiger partial charge in [-0.25, -0.2) is 4.79 Å². The lowest BCUT2D eigenvalue weighted by Gasteiger charge is -2.20. The number of hydrogen-bond donors (Lipinski definition) is 3. The predicted molar refractivity (Wildman–Crippen MR) is 140 cm³/mol. The van der Waals surface area contributed by atoms with Crippen LogP contribution in [0.2, 0.25) is 0 Å². The Bertz CT molecular complexity index is 1170. The van der Waals surface area contributed by atoms with E-state index in [0.29, 0.717) is 38.5 Å². The van der Waals surface area contributed by atoms with E-state index in [1.165, 1.54) is 12.1 Å². The van der Waals surface area contributed by atoms with Crippen molar-refractivity contribution in [1.29, 1.82) is 0 Å². The molecule has 2 aromatic rings. The molecule has 3 N–H and O–H groups in total. The number of benzene rings is 2. The number of para-hydroxylation sites is 1. The molecule has 0 saturated heterocycles. The van der Waals surface area contributed by atoms with E-state index in [4.69, 9.17) is 9.47 Å². The van der Waals surface area contributed by atoms with Gasteiger partial charge in [-0.15, -0.1) is 0 Å². The Morgan fingerprint density at radius 1 is 0.711 bits per heavy atom. The second kappa shape index (κ2) is 14.8. The van der Waals surface area contributed by atoms with Gasteiger partial charge in [-0.05, 0) is 25.3 Å². The lowest BCUT2D eigenvalue weighted by molar-refractivity contribution is -0.134. The average Bonchev–Trinajstić information content (AvgIpc) is 2.90. The zero-order valence-electron chi connectivity index (χ0n) is 22.2. The number of ether oxygens (including phenoxy) is 2. The number of esters is 2. The summed E-state index contributed by atoms with van der Waals surface area (Å²) in [6.45, 7) is 5.18. The van der Waals surface area contributed by atoms with Crippen LogP contribution in [0.25, 0.3) is 0 Å². The molecule has 38 heavy (non-hydrogen) atoms. The topological polar surface area (TPSA) is 147 Å². The van der Waals surface area contributed by atoms with E-state index in [1.807, 2.05) is 20.8 Å². The summed E-state index contributed by atoms with van der Waals surface area (Å²) in [5.41, 5.74) is -1.35. The Hall–Kier alpha value is -3.88. The Kier molecular flexibility index (Phi) is 11.8. The zero-order valence-corrected chi connectivity index (χ0v) is 22.2. The van der Waals surface area contributed by atoms with E-state index in [2.05, 4.69) is 0 Å². The first-order valence-electron chi connectivity index (χ1n) is 13.0. The SMILES string of the molecule is CCCCC(=O)Oc1c(O)c(O)c(C(=O)CCCC)c(C(=O)OCc2ccccc2O)c1C(=O)CCCC. The molecule has 206 valence electrons. The number of hydrogen-bond acceptors (Lipinski definition) is 9. The van der Waals surface area contributed by atoms with Gasteiger partial charge < -0.3 is 24.8 Å². The highest BCUT2D eigenvalue weighted by Gasteiger charge is 2.36. The number of ketones is 2. The molecule has 2 aromatic carbocycles. The van der Waals surface area contributed by atoms with Gasteiger partial charge >= 0.3 is 11.9 Å². The van der Waals surface area contributed by atoms with E-state index in [0.717, 1.165) is 0 Å². The van der Waals surface area contributed by atoms with Crippen LogP contribution in [-0.2, 0) is 16.1 Å². The number of carbonyl (C=O) groups excluding carboxylic acids is 4. The van der Waals surface area contributed by atoms with Crippen LogP contribution in [-0.4, -0.2) is 38.8 Å². The molecule has 0 unspecified atom stereocenters. The Morgan fingerprint density at radius 2 is 1.26 bits per heavy atom. The minimum absolute atomic E-state index is 0.0243. The maximum atomic E-state index is 13.5. The Labute approximate surface area is 222 Å². The number of Topliss-reactive ketones (excluding diaryl/α,β-unsaturated/α-hetero) is 2. The molecule has 0 amide bonds. The van der Waals surface area contributed by atoms with Crippen LogP contribution in [0, 0.1) is 0 Å². The largest absolute Gasteiger partial charge is 0.508 e. The third-order valence-corrected chi connectivity index (χ3v) is 5.98. The standard InChI is InChI=1S/C29H36O9/c1-4-7-13-20(31)23-25(29(36)37-17-18-12-10-11-15-19(18)30)24(21(32)14-8-5-2)28(27(35)26(23)34)38-22(33)16-9-6-3/h10-12,15,30,34-35H,4-9,13-14,16-17H2,1-3H3. The fourth-order valence-electron chi connectivity index (χ4n) is 3.80. The zero-order chi connectivity index (χ0) is 28.2. The summed E-state index contributed by atoms with van der Waals surface area (Å²) in [5.74, 6) is -5.98. The number of phenolic OH excluding ortho intramolecular Hbond substituents is 3. The maximum Gasteiger partial charge on any atom is 0.340 e. The van der Waals surface area contributed by atoms with Crippen molar-refractivity contribution in [3.8, 4) is 23.0 Å². The first-order chi connectivity index (χ1) is 18.2. The van der Waals surface area contributed by atoms with Crippen molar-refractivity contribution in [2.24, 2.45) is 0 Å². The summed E-state index contributed by atoms with van der Waals surface area (Å²) in [7, 11) is 0. The molecule has 0 aliphatic rings. The Morgan fingerprint density at radius 3 is 1.84 bits per heavy atom. The van der Waals surface area contributed by atoms with Crippen molar-refractivity contribution in [3.63, 3.8) is 0 Å². The highest BCUT2D eigenvalue weighted by Crippen LogP contribution is 2.46. The van der Waals surface area contributed by atoms with Crippen LogP contribution in [0.15, 0.2) is 24.3 Å². The van der Waals surface area contributed by atoms with Gasteiger partial charge in [-0.2, -0.15) is 0 Å². The molecule has 9 nitrogen and oxygen atoms in total. The third-order valence-electron chi connectivity index (χ3n) is 5.98. The Balaban J connectivity index is 2.74. The third kappa shape index (κ3) is 7.57. The van der Waals surface area contributed by atoms with Gasteiger partial charge in [0.25, 0.3) is 0 Å². The molecule has 0 spiro atoms. The minimum Gasteiger partial charge on any atom is -0.508 e. The van der Waals surface area contributed by atoms with Crippen molar-refractivity contribution in [3.05, 3.63) is 46.5 Å². The average molecular weight is 529 g/mol. The highest BCUT2D eigenvalue weighted by atomic mass is 16.5. The lowest BCUT2D eigenvalue weighted by atomic mass is 9.90. The minimum atomic E-state index is -1.14. The van der Waals surface area contributed by atoms with E-state index in [9.17, 15) is 34.5 Å². The second-order valence-corrected chi connectivity index (χ2v) is 8.99. The molecule has 0 radical (unpaired) electrons. The molecule has 0 bridgehead atoms. The maximum absolute atomic E-state index is 13.5. The number of aromatic hydroxyl groups is 3. The fourth-order valence-corrected chi connectivity index (χ4v) is 3.80. The van der Waals surface area contributed by atoms with Crippen LogP contribution >= 0.6 is 0 Å². The van der Waals surface area contributed by atoms with E-state index >= 15 is 0 Å². The summed E-state index contributed by atoms with van der Waals surface area (Å²) in [6.07, 6.45) is 3.13. The molecule has 0 fully saturated rings. The molecule has 2 rings (SSSR count). The van der Waals surface area contributed by atoms with Gasteiger partial charge in [-0.3, -0.25) is 14.4 Å². The number of unbranched alkanes of at least 4 members (excludes halogenated alkanes) is 3. The molecule has 9 heteroatoms. The van der Waals surface area contributed by atoms with E-state index < -0.39 is 64.1 Å². The van der Waals surface area contributed by atoms with E-state index in [-0.39, 0.29) is 30.6 Å². The van der Waals surface area contributed by atoms with Gasteiger partial charge in [0.1, 0.15) is 12.4 Å². The van der Waals surface area contributed by atoms with E-state index in [1.54, 1.807) is 12.1 Å². The van der Waals surface area contributed by atoms with Gasteiger partial charge in [0.2, 0.25) is 5.75 Å². The lowest BCUT2D eigenvalue weighted by Crippen LogP contribution is -2.21. The smallest absolute Gasteiger partial charge is 0.340 e. The summed E-state index contributed by atoms with van der Waals surface area (Å²) in [6, 6.07) is 6.15. The van der Waals surface area contributed by atoms with Crippen molar-refractivity contribution < 1.29 is 44.0 Å². The molecule has 0 aromatic heterocycles. The molecule has 0 atom stereocenters. The van der Waals surface area contributed by atoms with Gasteiger partial charge in [-0.1, -0.05) is 58.2 Å². The van der Waals surface area contributed by atoms with Crippen molar-refractivity contribution in [1.82, 2.24) is 0 Å². The summed E-state index contributed by atoms with van der Waals surface area (Å²) < 4.78 is 10.7. The summed E-state index contributed by atoms with van der Waals surface area (Å²) in [4.78, 5) is 52.5. The molecule has 0 aliphatic carbocycles. The number of carbonyl (C=O) groups is 4. The number of phenols is 3. The van der Waals surface area contributed by atoms with Crippen molar-refractivity contribution >= 4 is 23.5 Å². The van der Waals surface area contributed by atoms with Crippen LogP contribution in [0.3, 0.4) is 0 Å². The summed E-state index contributed by atoms with van der Waals surface area (Å²) >= 11 is 0. The molecule has 0 aliphatic heterocycles. The molecule has 0 heterocycles.